The van der Waals surface area contributed by atoms with Gasteiger partial charge in [-0.3, -0.25) is 14.3 Å². The maximum absolute atomic E-state index is 12.8. The van der Waals surface area contributed by atoms with E-state index in [1.165, 1.54) is 31.3 Å². The molecule has 2 aromatic carbocycles. The Morgan fingerprint density at radius 2 is 1.65 bits per heavy atom. The lowest BCUT2D eigenvalue weighted by atomic mass is 10.1. The molecule has 0 aliphatic rings. The molecular formula is C18H17ClF3N3O5S. The van der Waals surface area contributed by atoms with Gasteiger partial charge in [0.2, 0.25) is 5.60 Å². The zero-order valence-corrected chi connectivity index (χ0v) is 17.6. The van der Waals surface area contributed by atoms with Crippen LogP contribution in [0.25, 0.3) is 0 Å². The van der Waals surface area contributed by atoms with Crippen LogP contribution in [0.1, 0.15) is 17.3 Å². The SMILES string of the molecule is CNC(=O)c1ccc(NS(=O)(=O)c2ccc(NC(=O)[C@@](C)(O)C(F)(F)F)c(Cl)c2)cc1. The molecule has 0 bridgehead atoms. The number of hydrogen-bond acceptors (Lipinski definition) is 5. The van der Waals surface area contributed by atoms with Gasteiger partial charge in [-0.1, -0.05) is 11.6 Å². The molecule has 0 saturated heterocycles. The number of sulfonamides is 1. The van der Waals surface area contributed by atoms with Crippen LogP contribution in [0.5, 0.6) is 0 Å². The molecule has 0 aromatic heterocycles. The van der Waals surface area contributed by atoms with Crippen LogP contribution in [0.3, 0.4) is 0 Å². The van der Waals surface area contributed by atoms with Gasteiger partial charge in [-0.25, -0.2) is 8.42 Å². The van der Waals surface area contributed by atoms with E-state index in [1.54, 1.807) is 0 Å². The molecule has 168 valence electrons. The van der Waals surface area contributed by atoms with Gasteiger partial charge < -0.3 is 15.7 Å². The van der Waals surface area contributed by atoms with Crippen molar-refractivity contribution in [1.29, 1.82) is 0 Å². The summed E-state index contributed by atoms with van der Waals surface area (Å²) in [6.07, 6.45) is -5.23. The molecule has 0 heterocycles. The standard InChI is InChI=1S/C18H17ClF3N3O5S/c1-17(28,18(20,21)22)16(27)24-14-8-7-12(9-13(14)19)31(29,30)25-11-5-3-10(4-6-11)15(26)23-2/h3-9,25,28H,1-2H3,(H,23,26)(H,24,27)/t17-/m1/s1. The summed E-state index contributed by atoms with van der Waals surface area (Å²) in [4.78, 5) is 22.9. The Morgan fingerprint density at radius 3 is 2.13 bits per heavy atom. The molecule has 0 spiro atoms. The lowest BCUT2D eigenvalue weighted by Crippen LogP contribution is -2.52. The smallest absolute Gasteiger partial charge is 0.373 e. The summed E-state index contributed by atoms with van der Waals surface area (Å²) in [5.41, 5.74) is -3.56. The van der Waals surface area contributed by atoms with Crippen LogP contribution >= 0.6 is 11.6 Å². The molecule has 0 radical (unpaired) electrons. The van der Waals surface area contributed by atoms with Gasteiger partial charge in [0.15, 0.2) is 0 Å². The highest BCUT2D eigenvalue weighted by Crippen LogP contribution is 2.33. The van der Waals surface area contributed by atoms with E-state index in [0.717, 1.165) is 18.2 Å². The van der Waals surface area contributed by atoms with Crippen molar-refractivity contribution in [3.8, 4) is 0 Å². The minimum absolute atomic E-state index is 0.141. The fourth-order valence-electron chi connectivity index (χ4n) is 2.19. The molecule has 0 aliphatic heterocycles. The minimum Gasteiger partial charge on any atom is -0.373 e. The fraction of sp³-hybridized carbons (Fsp3) is 0.222. The molecule has 2 aromatic rings. The molecule has 0 aliphatic carbocycles. The zero-order valence-electron chi connectivity index (χ0n) is 16.0. The van der Waals surface area contributed by atoms with E-state index in [-0.39, 0.29) is 34.1 Å². The first-order valence-electron chi connectivity index (χ1n) is 8.44. The van der Waals surface area contributed by atoms with Crippen LogP contribution in [-0.4, -0.2) is 44.2 Å². The Morgan fingerprint density at radius 1 is 1.06 bits per heavy atom. The van der Waals surface area contributed by atoms with Gasteiger partial charge in [-0.2, -0.15) is 13.2 Å². The van der Waals surface area contributed by atoms with Crippen LogP contribution in [0, 0.1) is 0 Å². The number of nitrogens with one attached hydrogen (secondary N) is 3. The number of amides is 2. The highest BCUT2D eigenvalue weighted by atomic mass is 35.5. The summed E-state index contributed by atoms with van der Waals surface area (Å²) < 4.78 is 65.6. The van der Waals surface area contributed by atoms with E-state index in [9.17, 15) is 36.3 Å². The normalized spacial score (nSPS) is 13.8. The quantitative estimate of drug-likeness (QED) is 0.507. The number of halogens is 4. The van der Waals surface area contributed by atoms with Gasteiger partial charge in [0.25, 0.3) is 21.8 Å². The highest BCUT2D eigenvalue weighted by molar-refractivity contribution is 7.92. The number of anilines is 2. The summed E-state index contributed by atoms with van der Waals surface area (Å²) in [6, 6.07) is 8.42. The van der Waals surface area contributed by atoms with Crippen LogP contribution in [0.4, 0.5) is 24.5 Å². The number of carbonyl (C=O) groups is 2. The summed E-state index contributed by atoms with van der Waals surface area (Å²) >= 11 is 5.90. The van der Waals surface area contributed by atoms with Crippen LogP contribution in [0.15, 0.2) is 47.4 Å². The zero-order chi connectivity index (χ0) is 23.6. The van der Waals surface area contributed by atoms with Crippen molar-refractivity contribution in [2.45, 2.75) is 23.6 Å². The fourth-order valence-corrected chi connectivity index (χ4v) is 3.56. The van der Waals surface area contributed by atoms with E-state index < -0.39 is 27.7 Å². The van der Waals surface area contributed by atoms with Gasteiger partial charge in [-0.05, 0) is 49.4 Å². The first-order chi connectivity index (χ1) is 14.2. The molecule has 31 heavy (non-hydrogen) atoms. The van der Waals surface area contributed by atoms with Crippen molar-refractivity contribution in [1.82, 2.24) is 5.32 Å². The molecule has 2 amide bonds. The first-order valence-corrected chi connectivity index (χ1v) is 10.3. The Kier molecular flexibility index (Phi) is 6.88. The average Bonchev–Trinajstić information content (AvgIpc) is 2.68. The summed E-state index contributed by atoms with van der Waals surface area (Å²) in [6.45, 7) is 0.272. The molecule has 4 N–H and O–H groups in total. The molecule has 13 heteroatoms. The first kappa shape index (κ1) is 24.4. The van der Waals surface area contributed by atoms with Gasteiger partial charge in [0.05, 0.1) is 15.6 Å². The number of hydrogen-bond donors (Lipinski definition) is 4. The van der Waals surface area contributed by atoms with Crippen molar-refractivity contribution in [3.63, 3.8) is 0 Å². The molecular weight excluding hydrogens is 463 g/mol. The summed E-state index contributed by atoms with van der Waals surface area (Å²) in [5, 5.41) is 13.2. The molecule has 2 rings (SSSR count). The lowest BCUT2D eigenvalue weighted by Gasteiger charge is -2.25. The second-order valence-electron chi connectivity index (χ2n) is 6.43. The van der Waals surface area contributed by atoms with E-state index in [1.807, 2.05) is 5.32 Å². The molecule has 1 atom stereocenters. The Hall–Kier alpha value is -2.83. The lowest BCUT2D eigenvalue weighted by molar-refractivity contribution is -0.242. The van der Waals surface area contributed by atoms with Crippen molar-refractivity contribution in [3.05, 3.63) is 53.1 Å². The van der Waals surface area contributed by atoms with Gasteiger partial charge in [0, 0.05) is 18.3 Å². The van der Waals surface area contributed by atoms with Crippen molar-refractivity contribution in [2.24, 2.45) is 0 Å². The maximum atomic E-state index is 12.8. The second-order valence-corrected chi connectivity index (χ2v) is 8.52. The van der Waals surface area contributed by atoms with Crippen LogP contribution < -0.4 is 15.4 Å². The monoisotopic (exact) mass is 479 g/mol. The van der Waals surface area contributed by atoms with E-state index in [4.69, 9.17) is 11.6 Å². The summed E-state index contributed by atoms with van der Waals surface area (Å²) in [5.74, 6) is -2.14. The largest absolute Gasteiger partial charge is 0.426 e. The third kappa shape index (κ3) is 5.46. The van der Waals surface area contributed by atoms with Gasteiger partial charge in [0.1, 0.15) is 0 Å². The van der Waals surface area contributed by atoms with Crippen LogP contribution in [-0.2, 0) is 14.8 Å². The topological polar surface area (TPSA) is 125 Å². The van der Waals surface area contributed by atoms with Crippen LogP contribution in [0.2, 0.25) is 5.02 Å². The number of alkyl halides is 3. The van der Waals surface area contributed by atoms with Crippen molar-refractivity contribution >= 4 is 44.8 Å². The van der Waals surface area contributed by atoms with E-state index >= 15 is 0 Å². The number of benzene rings is 2. The number of aliphatic hydroxyl groups is 1. The molecule has 0 unspecified atom stereocenters. The Balaban J connectivity index is 2.21. The predicted molar refractivity (Wildman–Crippen MR) is 107 cm³/mol. The van der Waals surface area contributed by atoms with Gasteiger partial charge >= 0.3 is 6.18 Å². The van der Waals surface area contributed by atoms with Gasteiger partial charge in [-0.15, -0.1) is 0 Å². The highest BCUT2D eigenvalue weighted by Gasteiger charge is 2.55. The second kappa shape index (κ2) is 8.73. The Labute approximate surface area is 180 Å². The molecule has 0 saturated carbocycles. The third-order valence-electron chi connectivity index (χ3n) is 4.12. The molecule has 0 fully saturated rings. The van der Waals surface area contributed by atoms with E-state index in [0.29, 0.717) is 5.56 Å². The average molecular weight is 480 g/mol. The van der Waals surface area contributed by atoms with Crippen molar-refractivity contribution < 1.29 is 36.3 Å². The molecule has 8 nitrogen and oxygen atoms in total. The Bertz CT molecular complexity index is 1100. The predicted octanol–water partition coefficient (Wildman–Crippen LogP) is 2.75. The summed E-state index contributed by atoms with van der Waals surface area (Å²) in [7, 11) is -2.71. The van der Waals surface area contributed by atoms with E-state index in [2.05, 4.69) is 10.0 Å². The third-order valence-corrected chi connectivity index (χ3v) is 5.81. The number of rotatable bonds is 6. The minimum atomic E-state index is -5.23. The van der Waals surface area contributed by atoms with Crippen molar-refractivity contribution in [2.75, 3.05) is 17.1 Å². The number of carbonyl (C=O) groups excluding carboxylic acids is 2. The maximum Gasteiger partial charge on any atom is 0.426 e.